The Balaban J connectivity index is 1.64. The number of aromatic nitrogens is 4. The van der Waals surface area contributed by atoms with Crippen molar-refractivity contribution >= 4 is 5.91 Å². The van der Waals surface area contributed by atoms with Crippen LogP contribution < -0.4 is 5.32 Å². The van der Waals surface area contributed by atoms with E-state index >= 15 is 0 Å². The van der Waals surface area contributed by atoms with E-state index in [1.807, 2.05) is 48.5 Å². The second-order valence-electron chi connectivity index (χ2n) is 6.30. The lowest BCUT2D eigenvalue weighted by atomic mass is 9.78. The van der Waals surface area contributed by atoms with Crippen molar-refractivity contribution < 1.29 is 4.79 Å². The molecule has 1 saturated carbocycles. The zero-order valence-corrected chi connectivity index (χ0v) is 13.7. The highest BCUT2D eigenvalue weighted by Crippen LogP contribution is 2.38. The summed E-state index contributed by atoms with van der Waals surface area (Å²) in [5.41, 5.74) is 2.78. The van der Waals surface area contributed by atoms with E-state index in [9.17, 15) is 4.79 Å². The maximum absolute atomic E-state index is 13.0. The third kappa shape index (κ3) is 3.15. The van der Waals surface area contributed by atoms with Gasteiger partial charge < -0.3 is 5.32 Å². The van der Waals surface area contributed by atoms with Gasteiger partial charge in [0.2, 0.25) is 5.82 Å². The van der Waals surface area contributed by atoms with Gasteiger partial charge in [-0.05, 0) is 36.0 Å². The fourth-order valence-corrected chi connectivity index (χ4v) is 3.22. The lowest BCUT2D eigenvalue weighted by Crippen LogP contribution is -2.31. The van der Waals surface area contributed by atoms with Crippen molar-refractivity contribution in [3.8, 4) is 0 Å². The largest absolute Gasteiger partial charge is 0.338 e. The average Bonchev–Trinajstić information content (AvgIpc) is 3.13. The number of tetrazole rings is 1. The van der Waals surface area contributed by atoms with Crippen LogP contribution in [0.2, 0.25) is 0 Å². The molecule has 126 valence electrons. The predicted octanol–water partition coefficient (Wildman–Crippen LogP) is 2.99. The van der Waals surface area contributed by atoms with Crippen molar-refractivity contribution in [2.45, 2.75) is 31.2 Å². The van der Waals surface area contributed by atoms with Crippen LogP contribution in [-0.4, -0.2) is 26.5 Å². The number of carbonyl (C=O) groups is 1. The molecule has 1 aliphatic carbocycles. The molecule has 1 aromatic heterocycles. The maximum atomic E-state index is 13.0. The van der Waals surface area contributed by atoms with E-state index in [-0.39, 0.29) is 5.91 Å². The third-order valence-electron chi connectivity index (χ3n) is 4.78. The van der Waals surface area contributed by atoms with Gasteiger partial charge in [-0.2, -0.15) is 5.21 Å². The normalized spacial score (nSPS) is 15.4. The number of aromatic amines is 1. The summed E-state index contributed by atoms with van der Waals surface area (Å²) in [7, 11) is 0. The van der Waals surface area contributed by atoms with Crippen molar-refractivity contribution in [3.05, 3.63) is 77.1 Å². The molecule has 1 fully saturated rings. The van der Waals surface area contributed by atoms with E-state index in [1.54, 1.807) is 0 Å². The molecule has 3 aromatic rings. The monoisotopic (exact) mass is 333 g/mol. The number of benzene rings is 2. The molecule has 25 heavy (non-hydrogen) atoms. The van der Waals surface area contributed by atoms with Gasteiger partial charge in [-0.1, -0.05) is 60.2 Å². The lowest BCUT2D eigenvalue weighted by Gasteiger charge is -2.28. The first-order valence-electron chi connectivity index (χ1n) is 8.51. The SMILES string of the molecule is O=C(N[C@H](c1ccccc1)c1nn[nH]n1)c1ccccc1C1CCC1. The summed E-state index contributed by atoms with van der Waals surface area (Å²) in [6.07, 6.45) is 3.53. The summed E-state index contributed by atoms with van der Waals surface area (Å²) >= 11 is 0. The Morgan fingerprint density at radius 3 is 2.52 bits per heavy atom. The van der Waals surface area contributed by atoms with Gasteiger partial charge in [-0.3, -0.25) is 4.79 Å². The van der Waals surface area contributed by atoms with Gasteiger partial charge in [0.15, 0.2) is 0 Å². The summed E-state index contributed by atoms with van der Waals surface area (Å²) in [5.74, 6) is 0.823. The number of nitrogens with one attached hydrogen (secondary N) is 2. The number of H-pyrrole nitrogens is 1. The minimum Gasteiger partial charge on any atom is -0.338 e. The first-order chi connectivity index (χ1) is 12.3. The van der Waals surface area contributed by atoms with Crippen LogP contribution in [0.3, 0.4) is 0 Å². The molecule has 0 unspecified atom stereocenters. The molecule has 1 atom stereocenters. The zero-order valence-electron chi connectivity index (χ0n) is 13.7. The maximum Gasteiger partial charge on any atom is 0.252 e. The van der Waals surface area contributed by atoms with E-state index in [0.717, 1.165) is 29.5 Å². The van der Waals surface area contributed by atoms with Crippen LogP contribution in [0.1, 0.15) is 58.5 Å². The van der Waals surface area contributed by atoms with Gasteiger partial charge in [0.25, 0.3) is 5.91 Å². The van der Waals surface area contributed by atoms with Crippen LogP contribution in [0.5, 0.6) is 0 Å². The molecule has 0 saturated heterocycles. The third-order valence-corrected chi connectivity index (χ3v) is 4.78. The lowest BCUT2D eigenvalue weighted by molar-refractivity contribution is 0.0939. The zero-order chi connectivity index (χ0) is 17.1. The molecule has 2 aromatic carbocycles. The smallest absolute Gasteiger partial charge is 0.252 e. The number of hydrogen-bond donors (Lipinski definition) is 2. The molecule has 1 amide bonds. The Kier molecular flexibility index (Phi) is 4.24. The summed E-state index contributed by atoms with van der Waals surface area (Å²) in [6, 6.07) is 17.1. The molecular weight excluding hydrogens is 314 g/mol. The van der Waals surface area contributed by atoms with Crippen LogP contribution >= 0.6 is 0 Å². The highest BCUT2D eigenvalue weighted by Gasteiger charge is 2.26. The fourth-order valence-electron chi connectivity index (χ4n) is 3.22. The van der Waals surface area contributed by atoms with Crippen LogP contribution in [-0.2, 0) is 0 Å². The minimum atomic E-state index is -0.443. The summed E-state index contributed by atoms with van der Waals surface area (Å²) < 4.78 is 0. The number of amides is 1. The summed E-state index contributed by atoms with van der Waals surface area (Å²) in [6.45, 7) is 0. The molecular formula is C19H19N5O. The number of rotatable bonds is 5. The fraction of sp³-hybridized carbons (Fsp3) is 0.263. The van der Waals surface area contributed by atoms with E-state index in [2.05, 4.69) is 32.0 Å². The van der Waals surface area contributed by atoms with Crippen LogP contribution in [0, 0.1) is 0 Å². The second kappa shape index (κ2) is 6.84. The van der Waals surface area contributed by atoms with E-state index < -0.39 is 6.04 Å². The standard InChI is InChI=1S/C19H19N5O/c25-19(16-12-5-4-11-15(16)13-9-6-10-13)20-17(18-21-23-24-22-18)14-7-2-1-3-8-14/h1-5,7-8,11-13,17H,6,9-10H2,(H,20,25)(H,21,22,23,24)/t17-/m1/s1. The van der Waals surface area contributed by atoms with E-state index in [4.69, 9.17) is 0 Å². The molecule has 4 rings (SSSR count). The Morgan fingerprint density at radius 2 is 1.84 bits per heavy atom. The van der Waals surface area contributed by atoms with Crippen LogP contribution in [0.25, 0.3) is 0 Å². The first-order valence-corrected chi connectivity index (χ1v) is 8.51. The van der Waals surface area contributed by atoms with Crippen LogP contribution in [0.15, 0.2) is 54.6 Å². The summed E-state index contributed by atoms with van der Waals surface area (Å²) in [5, 5.41) is 17.3. The molecule has 1 heterocycles. The van der Waals surface area contributed by atoms with Gasteiger partial charge in [-0.25, -0.2) is 0 Å². The van der Waals surface area contributed by atoms with Gasteiger partial charge in [-0.15, -0.1) is 10.2 Å². The Labute approximate surface area is 145 Å². The predicted molar refractivity (Wildman–Crippen MR) is 93.0 cm³/mol. The first kappa shape index (κ1) is 15.5. The molecule has 6 heteroatoms. The van der Waals surface area contributed by atoms with Gasteiger partial charge in [0.1, 0.15) is 6.04 Å². The van der Waals surface area contributed by atoms with Gasteiger partial charge in [0.05, 0.1) is 0 Å². The topological polar surface area (TPSA) is 83.6 Å². The van der Waals surface area contributed by atoms with Gasteiger partial charge >= 0.3 is 0 Å². The summed E-state index contributed by atoms with van der Waals surface area (Å²) in [4.78, 5) is 13.0. The van der Waals surface area contributed by atoms with Crippen molar-refractivity contribution in [1.82, 2.24) is 25.9 Å². The molecule has 0 aliphatic heterocycles. The molecule has 1 aliphatic rings. The number of nitrogens with zero attached hydrogens (tertiary/aromatic N) is 3. The van der Waals surface area contributed by atoms with Crippen molar-refractivity contribution in [2.75, 3.05) is 0 Å². The number of carbonyl (C=O) groups excluding carboxylic acids is 1. The van der Waals surface area contributed by atoms with E-state index in [1.165, 1.54) is 6.42 Å². The quantitative estimate of drug-likeness (QED) is 0.752. The molecule has 6 nitrogen and oxygen atoms in total. The van der Waals surface area contributed by atoms with Crippen molar-refractivity contribution in [1.29, 1.82) is 0 Å². The van der Waals surface area contributed by atoms with Crippen molar-refractivity contribution in [3.63, 3.8) is 0 Å². The Bertz CT molecular complexity index is 843. The van der Waals surface area contributed by atoms with Crippen LogP contribution in [0.4, 0.5) is 0 Å². The highest BCUT2D eigenvalue weighted by atomic mass is 16.1. The van der Waals surface area contributed by atoms with Gasteiger partial charge in [0, 0.05) is 5.56 Å². The molecule has 0 bridgehead atoms. The molecule has 2 N–H and O–H groups in total. The second-order valence-corrected chi connectivity index (χ2v) is 6.30. The highest BCUT2D eigenvalue weighted by molar-refractivity contribution is 5.96. The molecule has 0 radical (unpaired) electrons. The minimum absolute atomic E-state index is 0.110. The van der Waals surface area contributed by atoms with E-state index in [0.29, 0.717) is 11.7 Å². The van der Waals surface area contributed by atoms with Crippen molar-refractivity contribution in [2.24, 2.45) is 0 Å². The Morgan fingerprint density at radius 1 is 1.08 bits per heavy atom. The number of hydrogen-bond acceptors (Lipinski definition) is 4. The Hall–Kier alpha value is -3.02. The molecule has 0 spiro atoms. The average molecular weight is 333 g/mol.